The zero-order chi connectivity index (χ0) is 14.0. The van der Waals surface area contributed by atoms with Crippen LogP contribution in [0.2, 0.25) is 5.02 Å². The van der Waals surface area contributed by atoms with Crippen molar-refractivity contribution in [2.75, 3.05) is 11.9 Å². The van der Waals surface area contributed by atoms with Gasteiger partial charge < -0.3 is 10.2 Å². The molecule has 0 amide bonds. The molecule has 0 heterocycles. The van der Waals surface area contributed by atoms with Crippen molar-refractivity contribution in [3.8, 4) is 0 Å². The van der Waals surface area contributed by atoms with Crippen molar-refractivity contribution in [2.45, 2.75) is 52.2 Å². The third-order valence-corrected chi connectivity index (χ3v) is 4.27. The molecule has 1 aromatic carbocycles. The number of hydrogen-bond donors (Lipinski definition) is 1. The van der Waals surface area contributed by atoms with Crippen molar-refractivity contribution in [1.29, 1.82) is 0 Å². The Labute approximate surface area is 122 Å². The first kappa shape index (κ1) is 14.7. The first-order valence-corrected chi connectivity index (χ1v) is 7.61. The molecule has 0 radical (unpaired) electrons. The zero-order valence-corrected chi connectivity index (χ0v) is 13.2. The van der Waals surface area contributed by atoms with Crippen molar-refractivity contribution in [1.82, 2.24) is 5.32 Å². The van der Waals surface area contributed by atoms with Crippen molar-refractivity contribution in [2.24, 2.45) is 5.92 Å². The maximum absolute atomic E-state index is 6.14. The molecule has 0 spiro atoms. The Balaban J connectivity index is 2.17. The third kappa shape index (κ3) is 3.87. The number of nitrogens with zero attached hydrogens (tertiary/aromatic N) is 1. The van der Waals surface area contributed by atoms with E-state index in [1.54, 1.807) is 0 Å². The van der Waals surface area contributed by atoms with Crippen LogP contribution in [0.4, 0.5) is 5.69 Å². The van der Waals surface area contributed by atoms with E-state index in [-0.39, 0.29) is 0 Å². The summed E-state index contributed by atoms with van der Waals surface area (Å²) in [6, 6.07) is 7.32. The number of hydrogen-bond acceptors (Lipinski definition) is 2. The molecule has 19 heavy (non-hydrogen) atoms. The molecule has 1 fully saturated rings. The van der Waals surface area contributed by atoms with E-state index in [0.717, 1.165) is 17.5 Å². The Hall–Kier alpha value is -0.730. The normalized spacial score (nSPS) is 16.7. The number of anilines is 1. The smallest absolute Gasteiger partial charge is 0.0412 e. The van der Waals surface area contributed by atoms with Gasteiger partial charge in [0.1, 0.15) is 0 Å². The van der Waals surface area contributed by atoms with Crippen LogP contribution < -0.4 is 10.2 Å². The van der Waals surface area contributed by atoms with Gasteiger partial charge in [0.15, 0.2) is 0 Å². The predicted octanol–water partition coefficient (Wildman–Crippen LogP) is 4.07. The fraction of sp³-hybridized carbons (Fsp3) is 0.625. The van der Waals surface area contributed by atoms with Gasteiger partial charge in [0.2, 0.25) is 0 Å². The van der Waals surface area contributed by atoms with Crippen LogP contribution in [0.5, 0.6) is 0 Å². The van der Waals surface area contributed by atoms with Gasteiger partial charge in [-0.2, -0.15) is 0 Å². The highest BCUT2D eigenvalue weighted by Gasteiger charge is 2.31. The highest BCUT2D eigenvalue weighted by molar-refractivity contribution is 6.30. The molecule has 3 heteroatoms. The van der Waals surface area contributed by atoms with Gasteiger partial charge in [-0.05, 0) is 49.4 Å². The minimum absolute atomic E-state index is 0.484. The minimum Gasteiger partial charge on any atom is -0.371 e. The van der Waals surface area contributed by atoms with Gasteiger partial charge in [-0.1, -0.05) is 25.4 Å². The Morgan fingerprint density at radius 2 is 2.00 bits per heavy atom. The molecule has 1 N–H and O–H groups in total. The van der Waals surface area contributed by atoms with Gasteiger partial charge in [-0.25, -0.2) is 0 Å². The largest absolute Gasteiger partial charge is 0.371 e. The van der Waals surface area contributed by atoms with E-state index in [0.29, 0.717) is 12.1 Å². The standard InChI is InChI=1S/C16H25ClN2/c1-11(2)18-10-14-9-15(17)7-8-16(14)19(4)12(3)13-5-6-13/h7-9,11-13,18H,5-6,10H2,1-4H3. The monoisotopic (exact) mass is 280 g/mol. The van der Waals surface area contributed by atoms with E-state index in [4.69, 9.17) is 11.6 Å². The van der Waals surface area contributed by atoms with Gasteiger partial charge in [0, 0.05) is 36.4 Å². The Kier molecular flexibility index (Phi) is 4.75. The summed E-state index contributed by atoms with van der Waals surface area (Å²) < 4.78 is 0. The van der Waals surface area contributed by atoms with Crippen LogP contribution in [0.3, 0.4) is 0 Å². The fourth-order valence-corrected chi connectivity index (χ4v) is 2.66. The van der Waals surface area contributed by atoms with Crippen molar-refractivity contribution in [3.05, 3.63) is 28.8 Å². The van der Waals surface area contributed by atoms with Crippen molar-refractivity contribution >= 4 is 17.3 Å². The lowest BCUT2D eigenvalue weighted by Gasteiger charge is -2.29. The topological polar surface area (TPSA) is 15.3 Å². The average Bonchev–Trinajstić information content (AvgIpc) is 3.19. The van der Waals surface area contributed by atoms with E-state index in [9.17, 15) is 0 Å². The first-order chi connectivity index (χ1) is 8.99. The van der Waals surface area contributed by atoms with E-state index >= 15 is 0 Å². The number of rotatable bonds is 6. The summed E-state index contributed by atoms with van der Waals surface area (Å²) in [6.45, 7) is 7.53. The zero-order valence-electron chi connectivity index (χ0n) is 12.4. The Morgan fingerprint density at radius 3 is 2.58 bits per heavy atom. The van der Waals surface area contributed by atoms with Gasteiger partial charge in [0.25, 0.3) is 0 Å². The van der Waals surface area contributed by atoms with Crippen LogP contribution in [0, 0.1) is 5.92 Å². The molecule has 1 unspecified atom stereocenters. The van der Waals surface area contributed by atoms with E-state index < -0.39 is 0 Å². The van der Waals surface area contributed by atoms with Crippen molar-refractivity contribution in [3.63, 3.8) is 0 Å². The maximum Gasteiger partial charge on any atom is 0.0412 e. The molecule has 2 nitrogen and oxygen atoms in total. The fourth-order valence-electron chi connectivity index (χ4n) is 2.47. The lowest BCUT2D eigenvalue weighted by atomic mass is 10.1. The second-order valence-corrected chi connectivity index (χ2v) is 6.43. The maximum atomic E-state index is 6.14. The molecular weight excluding hydrogens is 256 g/mol. The van der Waals surface area contributed by atoms with Crippen LogP contribution in [0.15, 0.2) is 18.2 Å². The van der Waals surface area contributed by atoms with E-state index in [1.165, 1.54) is 24.1 Å². The van der Waals surface area contributed by atoms with Crippen LogP contribution >= 0.6 is 11.6 Å². The second-order valence-electron chi connectivity index (χ2n) is 6.00. The van der Waals surface area contributed by atoms with Gasteiger partial charge in [-0.3, -0.25) is 0 Å². The average molecular weight is 281 g/mol. The van der Waals surface area contributed by atoms with Gasteiger partial charge in [0.05, 0.1) is 0 Å². The third-order valence-electron chi connectivity index (χ3n) is 4.04. The Morgan fingerprint density at radius 1 is 1.32 bits per heavy atom. The summed E-state index contributed by atoms with van der Waals surface area (Å²) in [7, 11) is 2.20. The molecule has 1 aromatic rings. The quantitative estimate of drug-likeness (QED) is 0.845. The molecule has 1 atom stereocenters. The number of halogens is 1. The molecule has 0 saturated heterocycles. The summed E-state index contributed by atoms with van der Waals surface area (Å²) >= 11 is 6.14. The highest BCUT2D eigenvalue weighted by Crippen LogP contribution is 2.37. The summed E-state index contributed by atoms with van der Waals surface area (Å²) in [5.41, 5.74) is 2.59. The minimum atomic E-state index is 0.484. The molecule has 0 aromatic heterocycles. The molecule has 2 rings (SSSR count). The summed E-state index contributed by atoms with van der Waals surface area (Å²) in [5.74, 6) is 0.867. The van der Waals surface area contributed by atoms with Crippen LogP contribution in [-0.2, 0) is 6.54 Å². The summed E-state index contributed by atoms with van der Waals surface area (Å²) in [6.07, 6.45) is 2.75. The van der Waals surface area contributed by atoms with E-state index in [2.05, 4.69) is 50.2 Å². The van der Waals surface area contributed by atoms with Crippen LogP contribution in [0.1, 0.15) is 39.2 Å². The van der Waals surface area contributed by atoms with E-state index in [1.807, 2.05) is 6.07 Å². The van der Waals surface area contributed by atoms with Crippen LogP contribution in [-0.4, -0.2) is 19.1 Å². The molecule has 1 aliphatic rings. The molecule has 1 saturated carbocycles. The second kappa shape index (κ2) is 6.15. The lowest BCUT2D eigenvalue weighted by Crippen LogP contribution is -2.32. The molecular formula is C16H25ClN2. The highest BCUT2D eigenvalue weighted by atomic mass is 35.5. The lowest BCUT2D eigenvalue weighted by molar-refractivity contribution is 0.579. The number of benzene rings is 1. The summed E-state index contributed by atoms with van der Waals surface area (Å²) in [4.78, 5) is 2.41. The summed E-state index contributed by atoms with van der Waals surface area (Å²) in [5, 5.41) is 4.30. The Bertz CT molecular complexity index is 427. The molecule has 0 aliphatic heterocycles. The first-order valence-electron chi connectivity index (χ1n) is 7.23. The molecule has 0 bridgehead atoms. The predicted molar refractivity (Wildman–Crippen MR) is 84.0 cm³/mol. The van der Waals surface area contributed by atoms with Gasteiger partial charge >= 0.3 is 0 Å². The van der Waals surface area contributed by atoms with Crippen molar-refractivity contribution < 1.29 is 0 Å². The number of nitrogens with one attached hydrogen (secondary N) is 1. The van der Waals surface area contributed by atoms with Gasteiger partial charge in [-0.15, -0.1) is 0 Å². The molecule has 1 aliphatic carbocycles. The van der Waals surface area contributed by atoms with Crippen LogP contribution in [0.25, 0.3) is 0 Å². The SMILES string of the molecule is CC(C)NCc1cc(Cl)ccc1N(C)C(C)C1CC1. The molecule has 106 valence electrons.